The summed E-state index contributed by atoms with van der Waals surface area (Å²) in [7, 11) is 0. The molecule has 1 aliphatic carbocycles. The molecule has 0 saturated heterocycles. The van der Waals surface area contributed by atoms with Crippen LogP contribution in [-0.2, 0) is 10.8 Å². The first-order valence-corrected chi connectivity index (χ1v) is 16.0. The average molecular weight is 670 g/mol. The van der Waals surface area contributed by atoms with Crippen LogP contribution in [-0.4, -0.2) is 23.4 Å². The van der Waals surface area contributed by atoms with Crippen molar-refractivity contribution in [3.05, 3.63) is 103 Å². The number of hydrogen-bond donors (Lipinski definition) is 0. The predicted octanol–water partition coefficient (Wildman–Crippen LogP) is 10.5. The van der Waals surface area contributed by atoms with Crippen molar-refractivity contribution in [1.82, 2.24) is 0 Å². The summed E-state index contributed by atoms with van der Waals surface area (Å²) in [5.41, 5.74) is 10.3. The number of anilines is 1. The second kappa shape index (κ2) is 10.8. The van der Waals surface area contributed by atoms with Crippen molar-refractivity contribution in [1.29, 1.82) is 0 Å². The van der Waals surface area contributed by atoms with Crippen LogP contribution in [0.4, 0.5) is 11.4 Å². The molecule has 204 valence electrons. The number of hydrogen-bond acceptors (Lipinski definition) is 1. The van der Waals surface area contributed by atoms with E-state index in [0.29, 0.717) is 0 Å². The molecule has 5 rings (SSSR count). The molecule has 2 aromatic rings. The summed E-state index contributed by atoms with van der Waals surface area (Å²) < 4.78 is 4.69. The zero-order chi connectivity index (χ0) is 28.1. The van der Waals surface area contributed by atoms with Crippen molar-refractivity contribution in [3.8, 4) is 0 Å². The summed E-state index contributed by atoms with van der Waals surface area (Å²) in [6.45, 7) is 15.6. The smallest absolute Gasteiger partial charge is 0.209 e. The molecule has 2 nitrogen and oxygen atoms in total. The van der Waals surface area contributed by atoms with Gasteiger partial charge in [0.25, 0.3) is 0 Å². The summed E-state index contributed by atoms with van der Waals surface area (Å²) in [6, 6.07) is 13.3. The average Bonchev–Trinajstić information content (AvgIpc) is 3.24. The van der Waals surface area contributed by atoms with E-state index in [1.54, 1.807) is 0 Å². The standard InChI is InChI=1S/C34H38Br2ClN2/c1-7-38-28-16-14-24(35)20-26(28)33(3,4)30(38)18-12-22-10-9-11-23(32(22)37)13-19-31-34(5,6)27-21-25(36)15-17-29(27)39(31)8-2/h12-21H,7-11H2,1-6H3/q+1. The lowest BCUT2D eigenvalue weighted by Gasteiger charge is -2.26. The van der Waals surface area contributed by atoms with Gasteiger partial charge in [-0.15, -0.1) is 0 Å². The summed E-state index contributed by atoms with van der Waals surface area (Å²) in [4.78, 5) is 2.44. The molecular weight excluding hydrogens is 632 g/mol. The lowest BCUT2D eigenvalue weighted by Crippen LogP contribution is -2.27. The van der Waals surface area contributed by atoms with Gasteiger partial charge in [-0.3, -0.25) is 0 Å². The molecule has 5 heteroatoms. The first kappa shape index (κ1) is 28.6. The van der Waals surface area contributed by atoms with Gasteiger partial charge in [-0.1, -0.05) is 69.5 Å². The molecule has 0 saturated carbocycles. The topological polar surface area (TPSA) is 6.25 Å². The van der Waals surface area contributed by atoms with Crippen molar-refractivity contribution < 1.29 is 4.58 Å². The van der Waals surface area contributed by atoms with Crippen LogP contribution in [0.5, 0.6) is 0 Å². The minimum absolute atomic E-state index is 0.0713. The highest BCUT2D eigenvalue weighted by Gasteiger charge is 2.44. The number of halogens is 3. The van der Waals surface area contributed by atoms with Crippen LogP contribution in [0.1, 0.15) is 71.9 Å². The largest absolute Gasteiger partial charge is 0.344 e. The second-order valence-corrected chi connectivity index (χ2v) is 13.9. The Morgan fingerprint density at radius 1 is 0.897 bits per heavy atom. The fraction of sp³-hybridized carbons (Fsp3) is 0.382. The van der Waals surface area contributed by atoms with E-state index in [1.165, 1.54) is 45.1 Å². The lowest BCUT2D eigenvalue weighted by atomic mass is 9.81. The summed E-state index contributed by atoms with van der Waals surface area (Å²) in [6.07, 6.45) is 12.3. The number of allylic oxidation sites excluding steroid dienone is 8. The Bertz CT molecular complexity index is 1490. The maximum absolute atomic E-state index is 7.10. The third-order valence-electron chi connectivity index (χ3n) is 8.68. The van der Waals surface area contributed by atoms with Gasteiger partial charge in [0, 0.05) is 55.0 Å². The van der Waals surface area contributed by atoms with E-state index in [2.05, 4.69) is 144 Å². The Labute approximate surface area is 256 Å². The number of fused-ring (bicyclic) bond motifs is 2. The first-order chi connectivity index (χ1) is 18.5. The van der Waals surface area contributed by atoms with E-state index < -0.39 is 0 Å². The zero-order valence-corrected chi connectivity index (χ0v) is 27.8. The van der Waals surface area contributed by atoms with E-state index in [-0.39, 0.29) is 10.8 Å². The van der Waals surface area contributed by atoms with Gasteiger partial charge < -0.3 is 4.90 Å². The molecule has 0 unspecified atom stereocenters. The normalized spacial score (nSPS) is 22.0. The fourth-order valence-electron chi connectivity index (χ4n) is 6.54. The fourth-order valence-corrected chi connectivity index (χ4v) is 7.58. The van der Waals surface area contributed by atoms with E-state index >= 15 is 0 Å². The van der Waals surface area contributed by atoms with Gasteiger partial charge >= 0.3 is 0 Å². The van der Waals surface area contributed by atoms with E-state index in [4.69, 9.17) is 11.6 Å². The molecule has 2 aromatic carbocycles. The molecule has 0 bridgehead atoms. The number of benzene rings is 2. The highest BCUT2D eigenvalue weighted by Crippen LogP contribution is 2.49. The summed E-state index contributed by atoms with van der Waals surface area (Å²) in [5, 5.41) is 0.910. The third kappa shape index (κ3) is 4.96. The van der Waals surface area contributed by atoms with E-state index in [1.807, 2.05) is 0 Å². The molecular formula is C34H38Br2ClN2+. The molecule has 0 fully saturated rings. The predicted molar refractivity (Wildman–Crippen MR) is 175 cm³/mol. The first-order valence-electron chi connectivity index (χ1n) is 14.0. The molecule has 2 heterocycles. The molecule has 3 aliphatic rings. The molecule has 0 spiro atoms. The molecule has 2 aliphatic heterocycles. The maximum atomic E-state index is 7.10. The highest BCUT2D eigenvalue weighted by molar-refractivity contribution is 9.10. The van der Waals surface area contributed by atoms with Crippen LogP contribution < -0.4 is 4.90 Å². The molecule has 0 radical (unpaired) electrons. The van der Waals surface area contributed by atoms with Crippen LogP contribution in [0.25, 0.3) is 0 Å². The van der Waals surface area contributed by atoms with Crippen LogP contribution in [0.2, 0.25) is 0 Å². The lowest BCUT2D eigenvalue weighted by molar-refractivity contribution is -0.433. The van der Waals surface area contributed by atoms with Gasteiger partial charge in [-0.25, -0.2) is 0 Å². The van der Waals surface area contributed by atoms with E-state index in [0.717, 1.165) is 46.3 Å². The molecule has 0 aromatic heterocycles. The Kier molecular flexibility index (Phi) is 7.96. The Morgan fingerprint density at radius 3 is 2.28 bits per heavy atom. The molecule has 0 amide bonds. The summed E-state index contributed by atoms with van der Waals surface area (Å²) in [5.74, 6) is 0. The van der Waals surface area contributed by atoms with Gasteiger partial charge in [0.1, 0.15) is 6.54 Å². The van der Waals surface area contributed by atoms with Crippen LogP contribution >= 0.6 is 43.5 Å². The Morgan fingerprint density at radius 2 is 1.59 bits per heavy atom. The minimum atomic E-state index is -0.0713. The summed E-state index contributed by atoms with van der Waals surface area (Å²) >= 11 is 14.5. The number of likely N-dealkylation sites (N-methyl/N-ethyl adjacent to an activating group) is 1. The minimum Gasteiger partial charge on any atom is -0.344 e. The molecule has 39 heavy (non-hydrogen) atoms. The van der Waals surface area contributed by atoms with Crippen LogP contribution in [0.15, 0.2) is 91.5 Å². The number of nitrogens with zero attached hydrogens (tertiary/aromatic N) is 2. The van der Waals surface area contributed by atoms with Crippen LogP contribution in [0, 0.1) is 0 Å². The van der Waals surface area contributed by atoms with E-state index in [9.17, 15) is 0 Å². The van der Waals surface area contributed by atoms with Crippen molar-refractivity contribution in [2.45, 2.75) is 71.6 Å². The number of rotatable bonds is 5. The molecule has 0 atom stereocenters. The van der Waals surface area contributed by atoms with Crippen molar-refractivity contribution in [2.24, 2.45) is 0 Å². The second-order valence-electron chi connectivity index (χ2n) is 11.7. The Balaban J connectivity index is 1.49. The van der Waals surface area contributed by atoms with Crippen LogP contribution in [0.3, 0.4) is 0 Å². The quantitative estimate of drug-likeness (QED) is 0.287. The molecule has 0 N–H and O–H groups in total. The van der Waals surface area contributed by atoms with Crippen molar-refractivity contribution in [3.63, 3.8) is 0 Å². The Hall–Kier alpha value is -1.88. The zero-order valence-electron chi connectivity index (χ0n) is 23.8. The SMILES string of the molecule is CCN1/C(=C/C=C2\CCCC(/C=C/C3=[N+](CC)c4ccc(Br)cc4C3(C)C)=C2Cl)C(C)(C)c2cc(Br)ccc21. The van der Waals surface area contributed by atoms with Crippen molar-refractivity contribution in [2.75, 3.05) is 18.0 Å². The van der Waals surface area contributed by atoms with Gasteiger partial charge in [0.05, 0.1) is 5.41 Å². The van der Waals surface area contributed by atoms with Gasteiger partial charge in [0.15, 0.2) is 5.71 Å². The van der Waals surface area contributed by atoms with Crippen molar-refractivity contribution >= 4 is 60.5 Å². The van der Waals surface area contributed by atoms with Gasteiger partial charge in [0.2, 0.25) is 5.69 Å². The van der Waals surface area contributed by atoms with Gasteiger partial charge in [-0.05, 0) is 100 Å². The van der Waals surface area contributed by atoms with Gasteiger partial charge in [-0.2, -0.15) is 4.58 Å². The monoisotopic (exact) mass is 667 g/mol. The maximum Gasteiger partial charge on any atom is 0.209 e. The third-order valence-corrected chi connectivity index (χ3v) is 10.2. The highest BCUT2D eigenvalue weighted by atomic mass is 79.9.